The Morgan fingerprint density at radius 2 is 2.00 bits per heavy atom. The number of rotatable bonds is 7. The largest absolute Gasteiger partial charge is 0.396 e. The number of anilines is 2. The van der Waals surface area contributed by atoms with Crippen LogP contribution < -0.4 is 16.4 Å². The Balaban J connectivity index is 3.21. The number of hydrogen-bond acceptors (Lipinski definition) is 6. The van der Waals surface area contributed by atoms with Crippen LogP contribution in [0.3, 0.4) is 0 Å². The number of sulfone groups is 1. The minimum absolute atomic E-state index is 0.0276. The zero-order valence-electron chi connectivity index (χ0n) is 11.9. The second-order valence-corrected chi connectivity index (χ2v) is 7.39. The van der Waals surface area contributed by atoms with E-state index in [0.717, 1.165) is 30.4 Å². The summed E-state index contributed by atoms with van der Waals surface area (Å²) in [6.07, 6.45) is 3.00. The molecule has 8 heteroatoms. The molecule has 0 radical (unpaired) electrons. The Morgan fingerprint density at radius 1 is 1.35 bits per heavy atom. The molecule has 0 aliphatic rings. The van der Waals surface area contributed by atoms with E-state index in [9.17, 15) is 13.2 Å². The van der Waals surface area contributed by atoms with E-state index in [4.69, 9.17) is 5.73 Å². The number of hydrogen-bond donors (Lipinski definition) is 3. The zero-order chi connectivity index (χ0) is 15.3. The lowest BCUT2D eigenvalue weighted by Crippen LogP contribution is -2.22. The van der Waals surface area contributed by atoms with Crippen LogP contribution in [0.5, 0.6) is 0 Å². The molecule has 0 aliphatic carbocycles. The van der Waals surface area contributed by atoms with Crippen molar-refractivity contribution in [2.45, 2.75) is 31.6 Å². The van der Waals surface area contributed by atoms with Crippen molar-refractivity contribution < 1.29 is 13.2 Å². The summed E-state index contributed by atoms with van der Waals surface area (Å²) < 4.78 is 23.7. The van der Waals surface area contributed by atoms with Crippen molar-refractivity contribution in [1.82, 2.24) is 5.32 Å². The fraction of sp³-hybridized carbons (Fsp3) is 0.583. The van der Waals surface area contributed by atoms with Crippen molar-refractivity contribution in [2.75, 3.05) is 30.4 Å². The number of amides is 1. The second kappa shape index (κ2) is 6.94. The van der Waals surface area contributed by atoms with Crippen molar-refractivity contribution in [2.24, 2.45) is 0 Å². The summed E-state index contributed by atoms with van der Waals surface area (Å²) in [5.74, 6) is -0.344. The molecule has 0 saturated heterocycles. The number of unbranched alkanes of at least 4 members (excludes halogenated alkanes) is 1. The molecule has 20 heavy (non-hydrogen) atoms. The Hall–Kier alpha value is -1.28. The fourth-order valence-electron chi connectivity index (χ4n) is 1.70. The Bertz CT molecular complexity index is 579. The predicted molar refractivity (Wildman–Crippen MR) is 83.2 cm³/mol. The van der Waals surface area contributed by atoms with Gasteiger partial charge in [-0.2, -0.15) is 0 Å². The maximum Gasteiger partial charge on any atom is 0.263 e. The van der Waals surface area contributed by atoms with E-state index in [0.29, 0.717) is 18.1 Å². The summed E-state index contributed by atoms with van der Waals surface area (Å²) in [4.78, 5) is 12.2. The van der Waals surface area contributed by atoms with E-state index in [1.165, 1.54) is 0 Å². The Morgan fingerprint density at radius 3 is 2.50 bits per heavy atom. The molecule has 0 aliphatic heterocycles. The third kappa shape index (κ3) is 3.86. The molecule has 114 valence electrons. The molecule has 1 amide bonds. The first-order valence-corrected chi connectivity index (χ1v) is 9.18. The highest BCUT2D eigenvalue weighted by molar-refractivity contribution is 7.91. The third-order valence-electron chi connectivity index (χ3n) is 2.63. The van der Waals surface area contributed by atoms with Crippen LogP contribution >= 0.6 is 11.3 Å². The topological polar surface area (TPSA) is 101 Å². The average molecular weight is 319 g/mol. The van der Waals surface area contributed by atoms with Crippen LogP contribution in [0.4, 0.5) is 10.7 Å². The normalized spacial score (nSPS) is 11.3. The van der Waals surface area contributed by atoms with Crippen molar-refractivity contribution in [3.05, 3.63) is 4.88 Å². The quantitative estimate of drug-likeness (QED) is 0.664. The number of nitrogens with two attached hydrogens (primary N) is 1. The van der Waals surface area contributed by atoms with E-state index < -0.39 is 9.84 Å². The summed E-state index contributed by atoms with van der Waals surface area (Å²) >= 11 is 1.08. The van der Waals surface area contributed by atoms with Crippen LogP contribution in [0, 0.1) is 0 Å². The van der Waals surface area contributed by atoms with Gasteiger partial charge in [-0.05, 0) is 13.3 Å². The minimum atomic E-state index is -3.49. The van der Waals surface area contributed by atoms with Crippen molar-refractivity contribution in [3.8, 4) is 0 Å². The van der Waals surface area contributed by atoms with Crippen LogP contribution in [0.15, 0.2) is 4.90 Å². The molecular formula is C12H21N3O3S2. The van der Waals surface area contributed by atoms with Gasteiger partial charge in [0.2, 0.25) is 0 Å². The number of nitrogen functional groups attached to an aromatic ring is 1. The van der Waals surface area contributed by atoms with E-state index in [-0.39, 0.29) is 21.4 Å². The molecule has 0 fully saturated rings. The van der Waals surface area contributed by atoms with Crippen LogP contribution in [0.2, 0.25) is 0 Å². The number of carbonyl (C=O) groups is 1. The molecule has 0 spiro atoms. The summed E-state index contributed by atoms with van der Waals surface area (Å²) in [5.41, 5.74) is 5.89. The van der Waals surface area contributed by atoms with Crippen molar-refractivity contribution >= 4 is 37.8 Å². The van der Waals surface area contributed by atoms with Gasteiger partial charge in [0.25, 0.3) is 5.91 Å². The van der Waals surface area contributed by atoms with Crippen LogP contribution in [-0.2, 0) is 9.84 Å². The molecule has 0 aromatic carbocycles. The zero-order valence-corrected chi connectivity index (χ0v) is 13.6. The monoisotopic (exact) mass is 319 g/mol. The van der Waals surface area contributed by atoms with Gasteiger partial charge in [-0.3, -0.25) is 4.79 Å². The molecule has 0 bridgehead atoms. The molecule has 6 nitrogen and oxygen atoms in total. The van der Waals surface area contributed by atoms with Gasteiger partial charge in [0, 0.05) is 19.3 Å². The highest BCUT2D eigenvalue weighted by Gasteiger charge is 2.26. The average Bonchev–Trinajstić information content (AvgIpc) is 2.66. The maximum atomic E-state index is 11.9. The molecule has 1 aromatic rings. The smallest absolute Gasteiger partial charge is 0.263 e. The first-order chi connectivity index (χ1) is 9.32. The molecule has 0 atom stereocenters. The van der Waals surface area contributed by atoms with E-state index in [1.807, 2.05) is 6.92 Å². The summed E-state index contributed by atoms with van der Waals surface area (Å²) in [6.45, 7) is 4.94. The third-order valence-corrected chi connectivity index (χ3v) is 5.09. The number of carbonyl (C=O) groups excluding carboxylic acids is 1. The molecular weight excluding hydrogens is 298 g/mol. The lowest BCUT2D eigenvalue weighted by atomic mass is 10.3. The molecule has 1 aromatic heterocycles. The van der Waals surface area contributed by atoms with E-state index >= 15 is 0 Å². The van der Waals surface area contributed by atoms with Gasteiger partial charge < -0.3 is 16.4 Å². The van der Waals surface area contributed by atoms with Gasteiger partial charge in [-0.25, -0.2) is 8.42 Å². The van der Waals surface area contributed by atoms with Crippen molar-refractivity contribution in [3.63, 3.8) is 0 Å². The van der Waals surface area contributed by atoms with Gasteiger partial charge in [0.15, 0.2) is 9.84 Å². The van der Waals surface area contributed by atoms with Gasteiger partial charge >= 0.3 is 0 Å². The van der Waals surface area contributed by atoms with Gasteiger partial charge in [0.1, 0.15) is 14.8 Å². The van der Waals surface area contributed by atoms with Gasteiger partial charge in [-0.15, -0.1) is 11.3 Å². The summed E-state index contributed by atoms with van der Waals surface area (Å²) in [6, 6.07) is 0. The summed E-state index contributed by atoms with van der Waals surface area (Å²) in [5, 5.41) is 6.13. The lowest BCUT2D eigenvalue weighted by molar-refractivity contribution is 0.0960. The molecule has 0 unspecified atom stereocenters. The molecule has 4 N–H and O–H groups in total. The SMILES string of the molecule is CCCCNc1sc(C(=O)NCC)c(N)c1S(C)(=O)=O. The molecule has 1 heterocycles. The number of thiophene rings is 1. The van der Waals surface area contributed by atoms with Gasteiger partial charge in [0.05, 0.1) is 5.69 Å². The van der Waals surface area contributed by atoms with Crippen LogP contribution in [0.25, 0.3) is 0 Å². The van der Waals surface area contributed by atoms with Crippen LogP contribution in [0.1, 0.15) is 36.4 Å². The van der Waals surface area contributed by atoms with Crippen LogP contribution in [-0.4, -0.2) is 33.7 Å². The number of nitrogens with one attached hydrogen (secondary N) is 2. The Labute approximate surface area is 123 Å². The molecule has 0 saturated carbocycles. The van der Waals surface area contributed by atoms with Gasteiger partial charge in [-0.1, -0.05) is 13.3 Å². The van der Waals surface area contributed by atoms with E-state index in [2.05, 4.69) is 10.6 Å². The highest BCUT2D eigenvalue weighted by atomic mass is 32.2. The standard InChI is InChI=1S/C12H21N3O3S2/c1-4-6-7-15-12-10(20(3,17)18)8(13)9(19-12)11(16)14-5-2/h15H,4-7,13H2,1-3H3,(H,14,16). The first kappa shape index (κ1) is 16.8. The Kier molecular flexibility index (Phi) is 5.82. The first-order valence-electron chi connectivity index (χ1n) is 6.47. The van der Waals surface area contributed by atoms with E-state index in [1.54, 1.807) is 6.92 Å². The maximum absolute atomic E-state index is 11.9. The lowest BCUT2D eigenvalue weighted by Gasteiger charge is -2.05. The molecule has 1 rings (SSSR count). The second-order valence-electron chi connectivity index (χ2n) is 4.42. The fourth-order valence-corrected chi connectivity index (χ4v) is 4.21. The minimum Gasteiger partial charge on any atom is -0.396 e. The van der Waals surface area contributed by atoms with Crippen molar-refractivity contribution in [1.29, 1.82) is 0 Å². The summed E-state index contributed by atoms with van der Waals surface area (Å²) in [7, 11) is -3.49. The highest BCUT2D eigenvalue weighted by Crippen LogP contribution is 2.39. The predicted octanol–water partition coefficient (Wildman–Crippen LogP) is 1.70.